The first-order chi connectivity index (χ1) is 15.9. The minimum absolute atomic E-state index is 0.329. The molecule has 0 atom stereocenters. The van der Waals surface area contributed by atoms with Crippen molar-refractivity contribution in [3.05, 3.63) is 64.4 Å². The molecule has 0 amide bonds. The number of hydrogen-bond donors (Lipinski definition) is 2. The van der Waals surface area contributed by atoms with Gasteiger partial charge in [-0.25, -0.2) is 30.8 Å². The summed E-state index contributed by atoms with van der Waals surface area (Å²) in [5, 5.41) is 7.10. The highest BCUT2D eigenvalue weighted by Crippen LogP contribution is 2.40. The number of hydrazine groups is 1. The molecule has 4 heterocycles. The van der Waals surface area contributed by atoms with Gasteiger partial charge in [0, 0.05) is 17.8 Å². The van der Waals surface area contributed by atoms with Crippen molar-refractivity contribution in [2.45, 2.75) is 0 Å². The van der Waals surface area contributed by atoms with Gasteiger partial charge >= 0.3 is 0 Å². The molecule has 9 nitrogen and oxygen atoms in total. The summed E-state index contributed by atoms with van der Waals surface area (Å²) in [7, 11) is 0. The zero-order chi connectivity index (χ0) is 23.4. The minimum atomic E-state index is 0.329. The average molecular weight is 541 g/mol. The number of fused-ring (bicyclic) bond motifs is 1. The molecule has 0 bridgehead atoms. The maximum Gasteiger partial charge on any atom is 0.176 e. The van der Waals surface area contributed by atoms with Crippen LogP contribution in [0.25, 0.3) is 20.9 Å². The number of rotatable bonds is 3. The number of halogens is 4. The molecule has 3 aromatic heterocycles. The van der Waals surface area contributed by atoms with E-state index in [1.807, 2.05) is 0 Å². The van der Waals surface area contributed by atoms with Crippen LogP contribution in [0, 0.1) is 0 Å². The molecule has 33 heavy (non-hydrogen) atoms. The van der Waals surface area contributed by atoms with E-state index in [4.69, 9.17) is 52.2 Å². The van der Waals surface area contributed by atoms with Gasteiger partial charge < -0.3 is 5.32 Å². The first-order valence-electron chi connectivity index (χ1n) is 9.10. The van der Waals surface area contributed by atoms with Crippen molar-refractivity contribution in [2.24, 2.45) is 10.8 Å². The highest BCUT2D eigenvalue weighted by atomic mass is 35.5. The SMILES string of the molecule is Clc1cc(Nc2ncnc3nc(-c4c(Cl)cccc4Cl)sc23)ncn1.NN1C=CC(Cl)=NC1. The molecule has 0 radical (unpaired) electrons. The van der Waals surface area contributed by atoms with Gasteiger partial charge in [0.15, 0.2) is 11.5 Å². The zero-order valence-corrected chi connectivity index (χ0v) is 20.3. The molecule has 1 aliphatic rings. The topological polar surface area (TPSA) is 118 Å². The lowest BCUT2D eigenvalue weighted by Crippen LogP contribution is -2.27. The van der Waals surface area contributed by atoms with E-state index >= 15 is 0 Å². The molecule has 14 heteroatoms. The number of thiazole rings is 1. The van der Waals surface area contributed by atoms with Crippen LogP contribution in [0.5, 0.6) is 0 Å². The summed E-state index contributed by atoms with van der Waals surface area (Å²) in [6, 6.07) is 6.92. The number of allylic oxidation sites excluding steroid dienone is 1. The first kappa shape index (κ1) is 23.6. The van der Waals surface area contributed by atoms with Crippen molar-refractivity contribution in [1.82, 2.24) is 29.9 Å². The minimum Gasteiger partial charge on any atom is -0.323 e. The summed E-state index contributed by atoms with van der Waals surface area (Å²) in [6.07, 6.45) is 6.11. The molecule has 1 aromatic carbocycles. The maximum absolute atomic E-state index is 6.28. The summed E-state index contributed by atoms with van der Waals surface area (Å²) < 4.78 is 0.753. The maximum atomic E-state index is 6.28. The van der Waals surface area contributed by atoms with Crippen molar-refractivity contribution in [3.63, 3.8) is 0 Å². The second kappa shape index (κ2) is 10.6. The zero-order valence-electron chi connectivity index (χ0n) is 16.5. The Kier molecular flexibility index (Phi) is 7.53. The fourth-order valence-electron chi connectivity index (χ4n) is 2.58. The lowest BCUT2D eigenvalue weighted by atomic mass is 10.2. The number of nitrogens with one attached hydrogen (secondary N) is 1. The highest BCUT2D eigenvalue weighted by molar-refractivity contribution is 7.22. The third-order valence-corrected chi connectivity index (χ3v) is 6.19. The van der Waals surface area contributed by atoms with Gasteiger partial charge in [0.05, 0.1) is 10.0 Å². The molecule has 0 spiro atoms. The predicted octanol–water partition coefficient (Wildman–Crippen LogP) is 5.53. The Balaban J connectivity index is 0.000000275. The quantitative estimate of drug-likeness (QED) is 0.257. The van der Waals surface area contributed by atoms with E-state index in [1.165, 1.54) is 29.0 Å². The van der Waals surface area contributed by atoms with Gasteiger partial charge in [-0.3, -0.25) is 10.0 Å². The van der Waals surface area contributed by atoms with E-state index in [1.54, 1.807) is 36.5 Å². The van der Waals surface area contributed by atoms with Crippen molar-refractivity contribution in [3.8, 4) is 10.6 Å². The summed E-state index contributed by atoms with van der Waals surface area (Å²) in [5.74, 6) is 6.36. The number of benzene rings is 1. The van der Waals surface area contributed by atoms with Crippen LogP contribution >= 0.6 is 57.7 Å². The lowest BCUT2D eigenvalue weighted by molar-refractivity contribution is 0.405. The van der Waals surface area contributed by atoms with Crippen molar-refractivity contribution in [2.75, 3.05) is 12.0 Å². The second-order valence-corrected chi connectivity index (χ2v) is 8.88. The van der Waals surface area contributed by atoms with E-state index in [-0.39, 0.29) is 0 Å². The molecule has 5 rings (SSSR count). The van der Waals surface area contributed by atoms with Gasteiger partial charge in [0.1, 0.15) is 45.2 Å². The van der Waals surface area contributed by atoms with E-state index < -0.39 is 0 Å². The van der Waals surface area contributed by atoms with Gasteiger partial charge in [-0.05, 0) is 18.2 Å². The van der Waals surface area contributed by atoms with Crippen molar-refractivity contribution in [1.29, 1.82) is 0 Å². The second-order valence-electron chi connectivity index (χ2n) is 6.29. The Morgan fingerprint density at radius 3 is 2.42 bits per heavy atom. The van der Waals surface area contributed by atoms with Gasteiger partial charge in [0.25, 0.3) is 0 Å². The fraction of sp³-hybridized carbons (Fsp3) is 0.0526. The van der Waals surface area contributed by atoms with E-state index in [0.29, 0.717) is 54.9 Å². The molecule has 0 saturated heterocycles. The lowest BCUT2D eigenvalue weighted by Gasteiger charge is -2.12. The number of anilines is 2. The molecule has 0 fully saturated rings. The van der Waals surface area contributed by atoms with Crippen LogP contribution in [0.4, 0.5) is 11.6 Å². The van der Waals surface area contributed by atoms with Crippen LogP contribution in [0.1, 0.15) is 0 Å². The first-order valence-corrected chi connectivity index (χ1v) is 11.4. The van der Waals surface area contributed by atoms with Crippen molar-refractivity contribution >= 4 is 84.9 Å². The van der Waals surface area contributed by atoms with Crippen LogP contribution in [0.2, 0.25) is 15.2 Å². The Labute approximate surface area is 211 Å². The van der Waals surface area contributed by atoms with Gasteiger partial charge in [-0.2, -0.15) is 0 Å². The van der Waals surface area contributed by atoms with Crippen LogP contribution in [-0.4, -0.2) is 41.8 Å². The van der Waals surface area contributed by atoms with Gasteiger partial charge in [0.2, 0.25) is 0 Å². The molecule has 0 unspecified atom stereocenters. The Morgan fingerprint density at radius 2 is 1.76 bits per heavy atom. The summed E-state index contributed by atoms with van der Waals surface area (Å²) in [5.41, 5.74) is 1.21. The van der Waals surface area contributed by atoms with E-state index in [9.17, 15) is 0 Å². The monoisotopic (exact) mass is 539 g/mol. The van der Waals surface area contributed by atoms with Gasteiger partial charge in [-0.15, -0.1) is 11.3 Å². The Hall–Kier alpha value is -2.60. The average Bonchev–Trinajstić information content (AvgIpc) is 3.21. The number of aromatic nitrogens is 5. The molecular weight excluding hydrogens is 528 g/mol. The number of aliphatic imine (C=N–C) groups is 1. The Morgan fingerprint density at radius 1 is 1.00 bits per heavy atom. The van der Waals surface area contributed by atoms with Crippen LogP contribution in [-0.2, 0) is 0 Å². The van der Waals surface area contributed by atoms with Crippen LogP contribution in [0.15, 0.2) is 54.2 Å². The predicted molar refractivity (Wildman–Crippen MR) is 134 cm³/mol. The summed E-state index contributed by atoms with van der Waals surface area (Å²) >= 11 is 25.3. The summed E-state index contributed by atoms with van der Waals surface area (Å²) in [6.45, 7) is 0.454. The normalized spacial score (nSPS) is 12.9. The highest BCUT2D eigenvalue weighted by Gasteiger charge is 2.16. The van der Waals surface area contributed by atoms with Gasteiger partial charge in [-0.1, -0.05) is 52.5 Å². The molecule has 168 valence electrons. The Bertz CT molecular complexity index is 1340. The van der Waals surface area contributed by atoms with Crippen molar-refractivity contribution < 1.29 is 0 Å². The smallest absolute Gasteiger partial charge is 0.176 e. The number of nitrogens with two attached hydrogens (primary N) is 1. The molecule has 3 N–H and O–H groups in total. The van der Waals surface area contributed by atoms with E-state index in [2.05, 4.69) is 35.2 Å². The number of nitrogens with zero attached hydrogens (tertiary/aromatic N) is 7. The molecule has 0 saturated carbocycles. The standard InChI is InChI=1S/C15H7Cl3N6S.C4H6ClN3/c16-7-2-1-3-8(17)11(7)15-24-14-12(25-15)13(21-6-22-14)23-10-4-9(18)19-5-20-10;5-4-1-2-8(6)3-7-4/h1-6H,(H,19,20,21,22,23);1-2H,3,6H2. The fourth-order valence-corrected chi connectivity index (χ4v) is 4.56. The molecule has 4 aromatic rings. The third-order valence-electron chi connectivity index (χ3n) is 4.04. The van der Waals surface area contributed by atoms with E-state index in [0.717, 1.165) is 4.70 Å². The van der Waals surface area contributed by atoms with Crippen LogP contribution in [0.3, 0.4) is 0 Å². The third kappa shape index (κ3) is 5.85. The molecular formula is C19H13Cl4N9S. The molecule has 0 aliphatic carbocycles. The van der Waals surface area contributed by atoms with Crippen LogP contribution < -0.4 is 11.2 Å². The number of hydrogen-bond acceptors (Lipinski definition) is 10. The summed E-state index contributed by atoms with van der Waals surface area (Å²) in [4.78, 5) is 24.8. The molecule has 1 aliphatic heterocycles. The largest absolute Gasteiger partial charge is 0.323 e.